The fourth-order valence-corrected chi connectivity index (χ4v) is 2.68. The number of hydrogen-bond donors (Lipinski definition) is 1. The van der Waals surface area contributed by atoms with Crippen LogP contribution in [0, 0.1) is 5.92 Å². The lowest BCUT2D eigenvalue weighted by atomic mass is 9.98. The Morgan fingerprint density at radius 1 is 1.29 bits per heavy atom. The number of ether oxygens (including phenoxy) is 1. The molecule has 0 spiro atoms. The predicted octanol–water partition coefficient (Wildman–Crippen LogP) is 3.29. The number of amides is 1. The van der Waals surface area contributed by atoms with Gasteiger partial charge >= 0.3 is 5.97 Å². The van der Waals surface area contributed by atoms with Crippen LogP contribution in [0.3, 0.4) is 0 Å². The molecule has 0 saturated heterocycles. The van der Waals surface area contributed by atoms with Gasteiger partial charge in [0.1, 0.15) is 5.75 Å². The highest BCUT2D eigenvalue weighted by Gasteiger charge is 2.34. The topological polar surface area (TPSA) is 66.8 Å². The molecule has 0 aliphatic heterocycles. The molecule has 2 rings (SSSR count). The molecule has 1 N–H and O–H groups in total. The van der Waals surface area contributed by atoms with Crippen LogP contribution in [-0.2, 0) is 9.59 Å². The van der Waals surface area contributed by atoms with Crippen molar-refractivity contribution in [2.24, 2.45) is 5.92 Å². The Hall–Kier alpha value is -2.04. The first-order valence-corrected chi connectivity index (χ1v) is 8.68. The summed E-state index contributed by atoms with van der Waals surface area (Å²) in [6.45, 7) is 6.08. The molecule has 1 amide bonds. The van der Waals surface area contributed by atoms with Gasteiger partial charge < -0.3 is 14.7 Å². The van der Waals surface area contributed by atoms with Crippen molar-refractivity contribution in [3.63, 3.8) is 0 Å². The van der Waals surface area contributed by atoms with Crippen molar-refractivity contribution in [3.8, 4) is 5.75 Å². The molecule has 2 unspecified atom stereocenters. The van der Waals surface area contributed by atoms with Crippen LogP contribution >= 0.6 is 0 Å². The fraction of sp³-hybridized carbons (Fsp3) is 0.579. The second-order valence-corrected chi connectivity index (χ2v) is 6.65. The number of rotatable bonds is 9. The van der Waals surface area contributed by atoms with Crippen LogP contribution in [0.5, 0.6) is 5.75 Å². The van der Waals surface area contributed by atoms with E-state index in [1.807, 2.05) is 24.3 Å². The molecular weight excluding hydrogens is 306 g/mol. The molecular formula is C19H27NO4. The second kappa shape index (κ2) is 8.18. The zero-order valence-corrected chi connectivity index (χ0v) is 14.7. The fourth-order valence-electron chi connectivity index (χ4n) is 2.68. The Labute approximate surface area is 143 Å². The molecule has 1 aromatic carbocycles. The van der Waals surface area contributed by atoms with Crippen molar-refractivity contribution < 1.29 is 19.4 Å². The summed E-state index contributed by atoms with van der Waals surface area (Å²) in [5, 5.41) is 9.08. The molecule has 0 aromatic heterocycles. The Balaban J connectivity index is 2.00. The summed E-state index contributed by atoms with van der Waals surface area (Å²) in [5.41, 5.74) is 1.10. The van der Waals surface area contributed by atoms with Gasteiger partial charge in [-0.2, -0.15) is 0 Å². The van der Waals surface area contributed by atoms with Crippen LogP contribution in [0.25, 0.3) is 0 Å². The lowest BCUT2D eigenvalue weighted by Crippen LogP contribution is -2.41. The third kappa shape index (κ3) is 4.73. The van der Waals surface area contributed by atoms with Crippen molar-refractivity contribution in [1.29, 1.82) is 0 Å². The van der Waals surface area contributed by atoms with Gasteiger partial charge in [0, 0.05) is 12.6 Å². The highest BCUT2D eigenvalue weighted by molar-refractivity contribution is 5.79. The van der Waals surface area contributed by atoms with Crippen LogP contribution in [0.15, 0.2) is 24.3 Å². The third-order valence-corrected chi connectivity index (χ3v) is 4.61. The van der Waals surface area contributed by atoms with E-state index in [1.165, 1.54) is 0 Å². The largest absolute Gasteiger partial charge is 0.483 e. The van der Waals surface area contributed by atoms with Crippen LogP contribution in [0.4, 0.5) is 0 Å². The Morgan fingerprint density at radius 2 is 1.96 bits per heavy atom. The minimum absolute atomic E-state index is 0.0454. The van der Waals surface area contributed by atoms with Gasteiger partial charge in [0.15, 0.2) is 6.61 Å². The third-order valence-electron chi connectivity index (χ3n) is 4.61. The SMILES string of the molecule is CCC(C)c1ccccc1OCC(=O)N(CC(C)C(=O)O)C1CC1. The number of hydrogen-bond acceptors (Lipinski definition) is 3. The summed E-state index contributed by atoms with van der Waals surface area (Å²) < 4.78 is 5.78. The summed E-state index contributed by atoms with van der Waals surface area (Å²) in [5.74, 6) is -0.479. The number of carboxylic acids is 1. The van der Waals surface area contributed by atoms with E-state index in [-0.39, 0.29) is 25.1 Å². The van der Waals surface area contributed by atoms with Crippen molar-refractivity contribution in [3.05, 3.63) is 29.8 Å². The van der Waals surface area contributed by atoms with Crippen molar-refractivity contribution in [1.82, 2.24) is 4.90 Å². The quantitative estimate of drug-likeness (QED) is 0.753. The monoisotopic (exact) mass is 333 g/mol. The van der Waals surface area contributed by atoms with E-state index in [4.69, 9.17) is 9.84 Å². The Bertz CT molecular complexity index is 582. The average molecular weight is 333 g/mol. The first-order valence-electron chi connectivity index (χ1n) is 8.68. The number of benzene rings is 1. The number of para-hydroxylation sites is 1. The normalized spacial score (nSPS) is 16.3. The molecule has 2 atom stereocenters. The molecule has 1 aliphatic rings. The highest BCUT2D eigenvalue weighted by Crippen LogP contribution is 2.30. The van der Waals surface area contributed by atoms with Crippen molar-refractivity contribution >= 4 is 11.9 Å². The van der Waals surface area contributed by atoms with Gasteiger partial charge in [-0.3, -0.25) is 9.59 Å². The van der Waals surface area contributed by atoms with Gasteiger partial charge in [0.2, 0.25) is 0 Å². The zero-order valence-electron chi connectivity index (χ0n) is 14.7. The van der Waals surface area contributed by atoms with Gasteiger partial charge in [-0.25, -0.2) is 0 Å². The standard InChI is InChI=1S/C19H27NO4/c1-4-13(2)16-7-5-6-8-17(16)24-12-18(21)20(15-9-10-15)11-14(3)19(22)23/h5-8,13-15H,4,9-12H2,1-3H3,(H,22,23). The van der Waals surface area contributed by atoms with E-state index in [0.29, 0.717) is 5.92 Å². The molecule has 1 aromatic rings. The van der Waals surface area contributed by atoms with E-state index in [1.54, 1.807) is 11.8 Å². The second-order valence-electron chi connectivity index (χ2n) is 6.65. The summed E-state index contributed by atoms with van der Waals surface area (Å²) in [4.78, 5) is 25.2. The molecule has 1 fully saturated rings. The van der Waals surface area contributed by atoms with E-state index in [0.717, 1.165) is 30.6 Å². The Morgan fingerprint density at radius 3 is 2.54 bits per heavy atom. The van der Waals surface area contributed by atoms with Gasteiger partial charge in [-0.1, -0.05) is 39.0 Å². The average Bonchev–Trinajstić information content (AvgIpc) is 3.41. The Kier molecular flexibility index (Phi) is 6.23. The zero-order chi connectivity index (χ0) is 17.7. The van der Waals surface area contributed by atoms with Gasteiger partial charge in [0.25, 0.3) is 5.91 Å². The number of carbonyl (C=O) groups excluding carboxylic acids is 1. The van der Waals surface area contributed by atoms with Crippen LogP contribution in [-0.4, -0.2) is 41.1 Å². The molecule has 0 radical (unpaired) electrons. The number of carboxylic acid groups (broad SMARTS) is 1. The van der Waals surface area contributed by atoms with Crippen LogP contribution in [0.2, 0.25) is 0 Å². The van der Waals surface area contributed by atoms with Crippen LogP contribution in [0.1, 0.15) is 51.5 Å². The summed E-state index contributed by atoms with van der Waals surface area (Å²) >= 11 is 0. The first kappa shape index (κ1) is 18.3. The summed E-state index contributed by atoms with van der Waals surface area (Å²) in [6, 6.07) is 7.96. The number of carbonyl (C=O) groups is 2. The maximum Gasteiger partial charge on any atom is 0.308 e. The highest BCUT2D eigenvalue weighted by atomic mass is 16.5. The summed E-state index contributed by atoms with van der Waals surface area (Å²) in [7, 11) is 0. The molecule has 1 saturated carbocycles. The van der Waals surface area contributed by atoms with Gasteiger partial charge in [0.05, 0.1) is 5.92 Å². The summed E-state index contributed by atoms with van der Waals surface area (Å²) in [6.07, 6.45) is 2.89. The molecule has 5 nitrogen and oxygen atoms in total. The van der Waals surface area contributed by atoms with Crippen molar-refractivity contribution in [2.75, 3.05) is 13.2 Å². The van der Waals surface area contributed by atoms with E-state index in [2.05, 4.69) is 13.8 Å². The van der Waals surface area contributed by atoms with Crippen LogP contribution < -0.4 is 4.74 Å². The molecule has 5 heteroatoms. The van der Waals surface area contributed by atoms with Crippen molar-refractivity contribution in [2.45, 2.75) is 52.0 Å². The maximum atomic E-state index is 12.5. The maximum absolute atomic E-state index is 12.5. The van der Waals surface area contributed by atoms with Gasteiger partial charge in [-0.15, -0.1) is 0 Å². The lowest BCUT2D eigenvalue weighted by molar-refractivity contribution is -0.143. The molecule has 1 aliphatic carbocycles. The predicted molar refractivity (Wildman–Crippen MR) is 92.2 cm³/mol. The first-order chi connectivity index (χ1) is 11.4. The molecule has 132 valence electrons. The molecule has 0 heterocycles. The smallest absolute Gasteiger partial charge is 0.308 e. The van der Waals surface area contributed by atoms with E-state index >= 15 is 0 Å². The molecule has 0 bridgehead atoms. The minimum Gasteiger partial charge on any atom is -0.483 e. The van der Waals surface area contributed by atoms with E-state index in [9.17, 15) is 9.59 Å². The minimum atomic E-state index is -0.878. The molecule has 24 heavy (non-hydrogen) atoms. The van der Waals surface area contributed by atoms with Gasteiger partial charge in [-0.05, 0) is 36.8 Å². The van der Waals surface area contributed by atoms with E-state index < -0.39 is 11.9 Å². The lowest BCUT2D eigenvalue weighted by Gasteiger charge is -2.25. The number of nitrogens with zero attached hydrogens (tertiary/aromatic N) is 1. The number of aliphatic carboxylic acids is 1.